The number of aryl methyl sites for hydroxylation is 1. The molecule has 1 aliphatic rings. The fraction of sp³-hybridized carbons (Fsp3) is 0.562. The average Bonchev–Trinajstić information content (AvgIpc) is 2.98. The maximum absolute atomic E-state index is 14.5. The SMILES string of the molecule is COC(=O)c1c(F)cc(C)c(NC(C2CCCC2)C(F)(F)F)c1F. The molecule has 0 heterocycles. The van der Waals surface area contributed by atoms with Gasteiger partial charge in [0.15, 0.2) is 5.82 Å². The van der Waals surface area contributed by atoms with Crippen molar-refractivity contribution in [3.05, 3.63) is 28.8 Å². The van der Waals surface area contributed by atoms with Crippen molar-refractivity contribution in [3.8, 4) is 0 Å². The number of hydrogen-bond donors (Lipinski definition) is 1. The van der Waals surface area contributed by atoms with Gasteiger partial charge in [0.25, 0.3) is 0 Å². The van der Waals surface area contributed by atoms with E-state index in [4.69, 9.17) is 0 Å². The van der Waals surface area contributed by atoms with Crippen LogP contribution in [-0.4, -0.2) is 25.3 Å². The molecule has 0 aromatic heterocycles. The number of alkyl halides is 3. The fourth-order valence-corrected chi connectivity index (χ4v) is 3.12. The molecule has 1 aromatic rings. The van der Waals surface area contributed by atoms with Crippen LogP contribution >= 0.6 is 0 Å². The van der Waals surface area contributed by atoms with Gasteiger partial charge in [0.2, 0.25) is 0 Å². The summed E-state index contributed by atoms with van der Waals surface area (Å²) in [6.45, 7) is 1.28. The van der Waals surface area contributed by atoms with E-state index in [0.29, 0.717) is 25.7 Å². The van der Waals surface area contributed by atoms with Crippen molar-refractivity contribution in [2.75, 3.05) is 12.4 Å². The van der Waals surface area contributed by atoms with Gasteiger partial charge in [0.1, 0.15) is 17.4 Å². The maximum Gasteiger partial charge on any atom is 0.408 e. The highest BCUT2D eigenvalue weighted by atomic mass is 19.4. The van der Waals surface area contributed by atoms with Crippen LogP contribution in [0.4, 0.5) is 27.6 Å². The van der Waals surface area contributed by atoms with Crippen molar-refractivity contribution in [1.29, 1.82) is 0 Å². The Bertz CT molecular complexity index is 624. The first kappa shape index (κ1) is 18.5. The van der Waals surface area contributed by atoms with Crippen molar-refractivity contribution < 1.29 is 31.5 Å². The third kappa shape index (κ3) is 3.62. The quantitative estimate of drug-likeness (QED) is 0.637. The van der Waals surface area contributed by atoms with Crippen LogP contribution in [-0.2, 0) is 4.74 Å². The molecule has 1 fully saturated rings. The summed E-state index contributed by atoms with van der Waals surface area (Å²) >= 11 is 0. The second-order valence-electron chi connectivity index (χ2n) is 5.94. The highest BCUT2D eigenvalue weighted by Crippen LogP contribution is 2.39. The highest BCUT2D eigenvalue weighted by molar-refractivity contribution is 5.91. The van der Waals surface area contributed by atoms with E-state index in [9.17, 15) is 26.7 Å². The van der Waals surface area contributed by atoms with Crippen LogP contribution < -0.4 is 5.32 Å². The van der Waals surface area contributed by atoms with Crippen molar-refractivity contribution in [1.82, 2.24) is 0 Å². The lowest BCUT2D eigenvalue weighted by molar-refractivity contribution is -0.152. The second-order valence-corrected chi connectivity index (χ2v) is 5.94. The summed E-state index contributed by atoms with van der Waals surface area (Å²) in [4.78, 5) is 11.5. The number of methoxy groups -OCH3 is 1. The second kappa shape index (κ2) is 6.94. The van der Waals surface area contributed by atoms with Gasteiger partial charge in [-0.3, -0.25) is 0 Å². The van der Waals surface area contributed by atoms with Crippen molar-refractivity contribution in [2.24, 2.45) is 5.92 Å². The summed E-state index contributed by atoms with van der Waals surface area (Å²) < 4.78 is 72.7. The Hall–Kier alpha value is -1.86. The van der Waals surface area contributed by atoms with Crippen LogP contribution in [0.15, 0.2) is 6.07 Å². The number of esters is 1. The van der Waals surface area contributed by atoms with Gasteiger partial charge in [0, 0.05) is 0 Å². The van der Waals surface area contributed by atoms with Gasteiger partial charge in [0.05, 0.1) is 12.8 Å². The number of carbonyl (C=O) groups excluding carboxylic acids is 1. The monoisotopic (exact) mass is 351 g/mol. The van der Waals surface area contributed by atoms with E-state index in [1.807, 2.05) is 0 Å². The average molecular weight is 351 g/mol. The summed E-state index contributed by atoms with van der Waals surface area (Å²) in [6, 6.07) is -1.14. The first-order valence-corrected chi connectivity index (χ1v) is 7.57. The summed E-state index contributed by atoms with van der Waals surface area (Å²) in [5.74, 6) is -4.51. The van der Waals surface area contributed by atoms with Crippen molar-refractivity contribution in [2.45, 2.75) is 44.8 Å². The summed E-state index contributed by atoms with van der Waals surface area (Å²) in [7, 11) is 0.936. The third-order valence-electron chi connectivity index (χ3n) is 4.33. The van der Waals surface area contributed by atoms with Crippen molar-refractivity contribution >= 4 is 11.7 Å². The lowest BCUT2D eigenvalue weighted by Gasteiger charge is -2.29. The van der Waals surface area contributed by atoms with Crippen LogP contribution in [0, 0.1) is 24.5 Å². The molecule has 1 N–H and O–H groups in total. The first-order valence-electron chi connectivity index (χ1n) is 7.57. The van der Waals surface area contributed by atoms with Gasteiger partial charge in [-0.25, -0.2) is 13.6 Å². The van der Waals surface area contributed by atoms with Crippen LogP contribution in [0.25, 0.3) is 0 Å². The molecule has 0 bridgehead atoms. The molecule has 0 spiro atoms. The fourth-order valence-electron chi connectivity index (χ4n) is 3.12. The van der Waals surface area contributed by atoms with Crippen LogP contribution in [0.1, 0.15) is 41.6 Å². The van der Waals surface area contributed by atoms with Crippen LogP contribution in [0.5, 0.6) is 0 Å². The molecule has 1 atom stereocenters. The molecule has 134 valence electrons. The number of anilines is 1. The molecule has 24 heavy (non-hydrogen) atoms. The zero-order chi connectivity index (χ0) is 18.1. The van der Waals surface area contributed by atoms with E-state index >= 15 is 0 Å². The van der Waals surface area contributed by atoms with E-state index in [-0.39, 0.29) is 5.56 Å². The molecule has 0 radical (unpaired) electrons. The minimum absolute atomic E-state index is 0.0510. The normalized spacial score (nSPS) is 17.0. The Labute approximate surface area is 136 Å². The third-order valence-corrected chi connectivity index (χ3v) is 4.33. The smallest absolute Gasteiger partial charge is 0.408 e. The number of carbonyl (C=O) groups is 1. The molecular weight excluding hydrogens is 333 g/mol. The largest absolute Gasteiger partial charge is 0.465 e. The predicted octanol–water partition coefficient (Wildman–Crippen LogP) is 4.59. The van der Waals surface area contributed by atoms with Gasteiger partial charge in [-0.15, -0.1) is 0 Å². The van der Waals surface area contributed by atoms with E-state index in [1.165, 1.54) is 6.92 Å². The highest BCUT2D eigenvalue weighted by Gasteiger charge is 2.46. The van der Waals surface area contributed by atoms with Crippen LogP contribution in [0.3, 0.4) is 0 Å². The molecule has 8 heteroatoms. The lowest BCUT2D eigenvalue weighted by Crippen LogP contribution is -2.42. The minimum atomic E-state index is -4.59. The van der Waals surface area contributed by atoms with Gasteiger partial charge in [-0.05, 0) is 37.3 Å². The maximum atomic E-state index is 14.5. The Kier molecular flexibility index (Phi) is 5.35. The van der Waals surface area contributed by atoms with E-state index in [2.05, 4.69) is 10.1 Å². The molecule has 3 nitrogen and oxygen atoms in total. The Balaban J connectivity index is 2.44. The molecular formula is C16H18F5NO2. The molecule has 0 saturated heterocycles. The van der Waals surface area contributed by atoms with Gasteiger partial charge in [-0.1, -0.05) is 12.8 Å². The number of benzene rings is 1. The molecule has 0 amide bonds. The molecule has 1 aromatic carbocycles. The van der Waals surface area contributed by atoms with E-state index in [1.54, 1.807) is 0 Å². The number of nitrogens with one attached hydrogen (secondary N) is 1. The van der Waals surface area contributed by atoms with E-state index < -0.39 is 47.0 Å². The number of hydrogen-bond acceptors (Lipinski definition) is 3. The molecule has 2 rings (SSSR count). The topological polar surface area (TPSA) is 38.3 Å². The minimum Gasteiger partial charge on any atom is -0.465 e. The first-order chi connectivity index (χ1) is 11.2. The molecule has 1 saturated carbocycles. The molecule has 0 aliphatic heterocycles. The van der Waals surface area contributed by atoms with Gasteiger partial charge in [-0.2, -0.15) is 13.2 Å². The molecule has 1 aliphatic carbocycles. The Morgan fingerprint density at radius 1 is 1.29 bits per heavy atom. The lowest BCUT2D eigenvalue weighted by atomic mass is 9.96. The Morgan fingerprint density at radius 3 is 2.38 bits per heavy atom. The van der Waals surface area contributed by atoms with Crippen LogP contribution in [0.2, 0.25) is 0 Å². The van der Waals surface area contributed by atoms with E-state index in [0.717, 1.165) is 13.2 Å². The summed E-state index contributed by atoms with van der Waals surface area (Å²) in [5, 5.41) is 2.17. The summed E-state index contributed by atoms with van der Waals surface area (Å²) in [6.07, 6.45) is -2.48. The van der Waals surface area contributed by atoms with Crippen molar-refractivity contribution in [3.63, 3.8) is 0 Å². The summed E-state index contributed by atoms with van der Waals surface area (Å²) in [5.41, 5.74) is -1.58. The molecule has 1 unspecified atom stereocenters. The predicted molar refractivity (Wildman–Crippen MR) is 77.9 cm³/mol. The Morgan fingerprint density at radius 2 is 1.88 bits per heavy atom. The number of rotatable bonds is 4. The zero-order valence-electron chi connectivity index (χ0n) is 13.3. The zero-order valence-corrected chi connectivity index (χ0v) is 13.3. The van der Waals surface area contributed by atoms with Gasteiger partial charge < -0.3 is 10.1 Å². The van der Waals surface area contributed by atoms with Gasteiger partial charge >= 0.3 is 12.1 Å². The number of ether oxygens (including phenoxy) is 1. The standard InChI is InChI=1S/C16H18F5NO2/c1-8-7-10(17)11(15(23)24-2)12(18)13(8)22-14(16(19,20)21)9-5-3-4-6-9/h7,9,14,22H,3-6H2,1-2H3. The number of halogens is 5.